The van der Waals surface area contributed by atoms with Crippen LogP contribution in [-0.2, 0) is 9.47 Å². The van der Waals surface area contributed by atoms with Crippen molar-refractivity contribution in [1.29, 1.82) is 0 Å². The summed E-state index contributed by atoms with van der Waals surface area (Å²) in [5.74, 6) is 1.19. The number of carbonyl (C=O) groups excluding carboxylic acids is 1. The van der Waals surface area contributed by atoms with Gasteiger partial charge >= 0.3 is 6.03 Å². The van der Waals surface area contributed by atoms with Crippen LogP contribution in [-0.4, -0.2) is 45.0 Å². The summed E-state index contributed by atoms with van der Waals surface area (Å²) in [5, 5.41) is 5.85. The topological polar surface area (TPSA) is 59.6 Å². The minimum atomic E-state index is -0.0760. The van der Waals surface area contributed by atoms with Gasteiger partial charge in [0.15, 0.2) is 0 Å². The van der Waals surface area contributed by atoms with Crippen LogP contribution < -0.4 is 10.6 Å². The van der Waals surface area contributed by atoms with Crippen LogP contribution in [0, 0.1) is 5.92 Å². The second-order valence-corrected chi connectivity index (χ2v) is 6.36. The van der Waals surface area contributed by atoms with Gasteiger partial charge < -0.3 is 20.1 Å². The van der Waals surface area contributed by atoms with E-state index in [1.165, 1.54) is 12.0 Å². The third-order valence-corrected chi connectivity index (χ3v) is 4.52. The van der Waals surface area contributed by atoms with Gasteiger partial charge in [-0.05, 0) is 36.7 Å². The monoisotopic (exact) mass is 318 g/mol. The third-order valence-electron chi connectivity index (χ3n) is 4.52. The van der Waals surface area contributed by atoms with Gasteiger partial charge in [0.25, 0.3) is 0 Å². The maximum Gasteiger partial charge on any atom is 0.314 e. The van der Waals surface area contributed by atoms with E-state index in [1.54, 1.807) is 0 Å². The fraction of sp³-hybridized carbons (Fsp3) is 0.611. The van der Waals surface area contributed by atoms with Gasteiger partial charge in [-0.1, -0.05) is 30.3 Å². The minimum Gasteiger partial charge on any atom is -0.379 e. The van der Waals surface area contributed by atoms with E-state index in [1.807, 2.05) is 6.07 Å². The zero-order valence-electron chi connectivity index (χ0n) is 13.5. The molecule has 5 heteroatoms. The summed E-state index contributed by atoms with van der Waals surface area (Å²) in [6.45, 7) is 3.58. The van der Waals surface area contributed by atoms with Crippen molar-refractivity contribution < 1.29 is 14.3 Å². The van der Waals surface area contributed by atoms with Crippen molar-refractivity contribution in [1.82, 2.24) is 10.6 Å². The van der Waals surface area contributed by atoms with Crippen LogP contribution in [0.4, 0.5) is 4.79 Å². The van der Waals surface area contributed by atoms with Gasteiger partial charge in [0.05, 0.1) is 12.7 Å². The van der Waals surface area contributed by atoms with Crippen LogP contribution in [0.15, 0.2) is 30.3 Å². The molecule has 2 amide bonds. The number of ether oxygens (including phenoxy) is 2. The van der Waals surface area contributed by atoms with E-state index in [-0.39, 0.29) is 12.1 Å². The van der Waals surface area contributed by atoms with Gasteiger partial charge in [0.1, 0.15) is 0 Å². The Morgan fingerprint density at radius 2 is 2.13 bits per heavy atom. The molecule has 3 rings (SSSR count). The molecule has 2 aliphatic rings. The van der Waals surface area contributed by atoms with Gasteiger partial charge in [-0.25, -0.2) is 4.79 Å². The number of carbonyl (C=O) groups is 1. The fourth-order valence-electron chi connectivity index (χ4n) is 3.04. The Bertz CT molecular complexity index is 488. The maximum atomic E-state index is 11.8. The number of hydrogen-bond donors (Lipinski definition) is 2. The van der Waals surface area contributed by atoms with Crippen molar-refractivity contribution in [3.63, 3.8) is 0 Å². The highest BCUT2D eigenvalue weighted by atomic mass is 16.5. The lowest BCUT2D eigenvalue weighted by Gasteiger charge is -2.10. The van der Waals surface area contributed by atoms with E-state index in [4.69, 9.17) is 9.47 Å². The Balaban J connectivity index is 1.21. The van der Waals surface area contributed by atoms with E-state index in [2.05, 4.69) is 34.9 Å². The highest BCUT2D eigenvalue weighted by Crippen LogP contribution is 2.46. The summed E-state index contributed by atoms with van der Waals surface area (Å²) >= 11 is 0. The third kappa shape index (κ3) is 5.22. The molecule has 1 heterocycles. The van der Waals surface area contributed by atoms with E-state index < -0.39 is 0 Å². The summed E-state index contributed by atoms with van der Waals surface area (Å²) in [5.41, 5.74) is 1.38. The molecule has 0 spiro atoms. The Hall–Kier alpha value is -1.59. The Morgan fingerprint density at radius 1 is 1.26 bits per heavy atom. The SMILES string of the molecule is O=C(NCCCO[C@@H]1CCOC1)NC[C@@H]1C[C@H]1c1ccccc1. The van der Waals surface area contributed by atoms with Crippen LogP contribution in [0.25, 0.3) is 0 Å². The molecule has 1 aliphatic heterocycles. The Labute approximate surface area is 137 Å². The van der Waals surface area contributed by atoms with Crippen molar-refractivity contribution in [2.45, 2.75) is 31.3 Å². The molecule has 3 atom stereocenters. The molecule has 1 saturated heterocycles. The van der Waals surface area contributed by atoms with E-state index in [0.29, 0.717) is 31.6 Å². The molecular formula is C18H26N2O3. The molecule has 23 heavy (non-hydrogen) atoms. The average molecular weight is 318 g/mol. The van der Waals surface area contributed by atoms with Crippen LogP contribution in [0.2, 0.25) is 0 Å². The molecule has 1 aromatic carbocycles. The Morgan fingerprint density at radius 3 is 2.91 bits per heavy atom. The summed E-state index contributed by atoms with van der Waals surface area (Å²) in [7, 11) is 0. The summed E-state index contributed by atoms with van der Waals surface area (Å²) in [6.07, 6.45) is 3.23. The molecule has 5 nitrogen and oxygen atoms in total. The standard InChI is InChI=1S/C18H26N2O3/c21-18(19-8-4-9-23-16-7-10-22-13-16)20-12-15-11-17(15)14-5-2-1-3-6-14/h1-3,5-6,15-17H,4,7-13H2,(H2,19,20,21)/t15-,16+,17-/m0/s1. The molecule has 1 aromatic rings. The number of amides is 2. The summed E-state index contributed by atoms with van der Waals surface area (Å²) < 4.78 is 10.9. The van der Waals surface area contributed by atoms with Gasteiger partial charge in [-0.15, -0.1) is 0 Å². The van der Waals surface area contributed by atoms with E-state index in [0.717, 1.165) is 26.0 Å². The van der Waals surface area contributed by atoms with Crippen molar-refractivity contribution in [3.8, 4) is 0 Å². The Kier molecular flexibility index (Phi) is 5.88. The summed E-state index contributed by atoms with van der Waals surface area (Å²) in [4.78, 5) is 11.8. The summed E-state index contributed by atoms with van der Waals surface area (Å²) in [6, 6.07) is 10.4. The largest absolute Gasteiger partial charge is 0.379 e. The van der Waals surface area contributed by atoms with Crippen molar-refractivity contribution >= 4 is 6.03 Å². The number of hydrogen-bond acceptors (Lipinski definition) is 3. The molecule has 0 bridgehead atoms. The second-order valence-electron chi connectivity index (χ2n) is 6.36. The minimum absolute atomic E-state index is 0.0760. The first-order chi connectivity index (χ1) is 11.3. The average Bonchev–Trinajstić information content (AvgIpc) is 3.18. The lowest BCUT2D eigenvalue weighted by Crippen LogP contribution is -2.37. The van der Waals surface area contributed by atoms with Gasteiger partial charge in [0, 0.05) is 26.3 Å². The molecule has 126 valence electrons. The molecule has 1 aliphatic carbocycles. The molecular weight excluding hydrogens is 292 g/mol. The molecule has 0 radical (unpaired) electrons. The van der Waals surface area contributed by atoms with Gasteiger partial charge in [-0.3, -0.25) is 0 Å². The van der Waals surface area contributed by atoms with Gasteiger partial charge in [-0.2, -0.15) is 0 Å². The number of urea groups is 1. The highest BCUT2D eigenvalue weighted by Gasteiger charge is 2.37. The smallest absolute Gasteiger partial charge is 0.314 e. The lowest BCUT2D eigenvalue weighted by atomic mass is 10.1. The second kappa shape index (κ2) is 8.31. The maximum absolute atomic E-state index is 11.8. The van der Waals surface area contributed by atoms with Crippen molar-refractivity contribution in [3.05, 3.63) is 35.9 Å². The predicted octanol–water partition coefficient (Wildman–Crippen LogP) is 2.28. The highest BCUT2D eigenvalue weighted by molar-refractivity contribution is 5.73. The van der Waals surface area contributed by atoms with Gasteiger partial charge in [0.2, 0.25) is 0 Å². The molecule has 0 unspecified atom stereocenters. The van der Waals surface area contributed by atoms with Crippen LogP contribution >= 0.6 is 0 Å². The van der Waals surface area contributed by atoms with Crippen molar-refractivity contribution in [2.75, 3.05) is 32.9 Å². The first kappa shape index (κ1) is 16.3. The quantitative estimate of drug-likeness (QED) is 0.723. The fourth-order valence-corrected chi connectivity index (χ4v) is 3.04. The molecule has 1 saturated carbocycles. The molecule has 0 aromatic heterocycles. The molecule has 2 fully saturated rings. The number of nitrogens with one attached hydrogen (secondary N) is 2. The molecule has 2 N–H and O–H groups in total. The zero-order valence-corrected chi connectivity index (χ0v) is 13.5. The number of rotatable bonds is 8. The van der Waals surface area contributed by atoms with E-state index in [9.17, 15) is 4.79 Å². The van der Waals surface area contributed by atoms with Crippen molar-refractivity contribution in [2.24, 2.45) is 5.92 Å². The lowest BCUT2D eigenvalue weighted by molar-refractivity contribution is 0.0418. The van der Waals surface area contributed by atoms with Crippen LogP contribution in [0.3, 0.4) is 0 Å². The normalized spacial score (nSPS) is 26.0. The number of benzene rings is 1. The van der Waals surface area contributed by atoms with E-state index >= 15 is 0 Å². The van der Waals surface area contributed by atoms with Crippen LogP contribution in [0.5, 0.6) is 0 Å². The van der Waals surface area contributed by atoms with Crippen LogP contribution in [0.1, 0.15) is 30.7 Å². The zero-order chi connectivity index (χ0) is 15.9. The first-order valence-electron chi connectivity index (χ1n) is 8.59. The first-order valence-corrected chi connectivity index (χ1v) is 8.59. The predicted molar refractivity (Wildman–Crippen MR) is 88.5 cm³/mol.